The van der Waals surface area contributed by atoms with Crippen LogP contribution < -0.4 is 5.32 Å². The summed E-state index contributed by atoms with van der Waals surface area (Å²) in [6.45, 7) is 5.02. The third kappa shape index (κ3) is 4.43. The Morgan fingerprint density at radius 2 is 2.12 bits per heavy atom. The maximum Gasteiger partial charge on any atom is 0.264 e. The molecular formula is C18H21FN4O2. The molecule has 1 amide bonds. The van der Waals surface area contributed by atoms with Gasteiger partial charge < -0.3 is 10.2 Å². The van der Waals surface area contributed by atoms with Crippen molar-refractivity contribution in [1.82, 2.24) is 15.1 Å². The van der Waals surface area contributed by atoms with E-state index in [4.69, 9.17) is 4.84 Å². The summed E-state index contributed by atoms with van der Waals surface area (Å²) in [6.07, 6.45) is 0.398. The molecule has 1 atom stereocenters. The number of oxime groups is 1. The molecule has 132 valence electrons. The Bertz CT molecular complexity index is 783. The number of aromatic nitrogens is 2. The molecule has 25 heavy (non-hydrogen) atoms. The van der Waals surface area contributed by atoms with Crippen LogP contribution in [0.1, 0.15) is 23.4 Å². The van der Waals surface area contributed by atoms with Gasteiger partial charge in [-0.15, -0.1) is 0 Å². The van der Waals surface area contributed by atoms with Gasteiger partial charge in [-0.05, 0) is 37.6 Å². The molecule has 0 bridgehead atoms. The number of nitrogens with zero attached hydrogens (tertiary/aromatic N) is 3. The van der Waals surface area contributed by atoms with Crippen molar-refractivity contribution in [3.63, 3.8) is 0 Å². The van der Waals surface area contributed by atoms with Gasteiger partial charge in [-0.3, -0.25) is 9.48 Å². The van der Waals surface area contributed by atoms with E-state index in [1.807, 2.05) is 24.6 Å². The molecule has 1 aliphatic heterocycles. The number of hydrogen-bond acceptors (Lipinski definition) is 4. The van der Waals surface area contributed by atoms with Gasteiger partial charge >= 0.3 is 0 Å². The number of nitrogens with one attached hydrogen (secondary N) is 1. The van der Waals surface area contributed by atoms with Gasteiger partial charge in [0, 0.05) is 25.1 Å². The molecule has 1 N–H and O–H groups in total. The predicted octanol–water partition coefficient (Wildman–Crippen LogP) is 2.14. The molecule has 1 aromatic carbocycles. The van der Waals surface area contributed by atoms with Crippen molar-refractivity contribution >= 4 is 11.6 Å². The number of aryl methyl sites for hydroxylation is 2. The van der Waals surface area contributed by atoms with Gasteiger partial charge in [0.2, 0.25) is 6.10 Å². The Morgan fingerprint density at radius 1 is 1.36 bits per heavy atom. The van der Waals surface area contributed by atoms with Gasteiger partial charge in [-0.25, -0.2) is 4.39 Å². The summed E-state index contributed by atoms with van der Waals surface area (Å²) in [5.41, 5.74) is 3.75. The Labute approximate surface area is 145 Å². The van der Waals surface area contributed by atoms with E-state index in [1.54, 1.807) is 12.1 Å². The van der Waals surface area contributed by atoms with Crippen LogP contribution in [0.15, 0.2) is 35.5 Å². The zero-order valence-electron chi connectivity index (χ0n) is 14.3. The number of benzene rings is 1. The van der Waals surface area contributed by atoms with Crippen LogP contribution in [0.25, 0.3) is 0 Å². The van der Waals surface area contributed by atoms with Crippen molar-refractivity contribution in [2.75, 3.05) is 6.54 Å². The van der Waals surface area contributed by atoms with Crippen LogP contribution in [0, 0.1) is 19.7 Å². The fourth-order valence-electron chi connectivity index (χ4n) is 2.81. The third-order valence-corrected chi connectivity index (χ3v) is 4.07. The second kappa shape index (κ2) is 7.46. The first-order valence-corrected chi connectivity index (χ1v) is 8.26. The third-order valence-electron chi connectivity index (χ3n) is 4.07. The van der Waals surface area contributed by atoms with E-state index in [-0.39, 0.29) is 11.7 Å². The maximum absolute atomic E-state index is 12.9. The summed E-state index contributed by atoms with van der Waals surface area (Å²) >= 11 is 0. The number of carbonyl (C=O) groups excluding carboxylic acids is 1. The number of carbonyl (C=O) groups is 1. The lowest BCUT2D eigenvalue weighted by molar-refractivity contribution is -0.131. The number of halogens is 1. The maximum atomic E-state index is 12.9. The molecule has 7 heteroatoms. The van der Waals surface area contributed by atoms with E-state index in [2.05, 4.69) is 15.6 Å². The summed E-state index contributed by atoms with van der Waals surface area (Å²) in [5, 5.41) is 11.2. The molecule has 1 aliphatic rings. The Hall–Kier alpha value is -2.70. The van der Waals surface area contributed by atoms with Crippen molar-refractivity contribution in [2.24, 2.45) is 5.16 Å². The quantitative estimate of drug-likeness (QED) is 0.873. The van der Waals surface area contributed by atoms with E-state index in [1.165, 1.54) is 12.1 Å². The topological polar surface area (TPSA) is 68.5 Å². The smallest absolute Gasteiger partial charge is 0.264 e. The van der Waals surface area contributed by atoms with Crippen LogP contribution in [-0.2, 0) is 22.6 Å². The fraction of sp³-hybridized carbons (Fsp3) is 0.389. The molecule has 2 aromatic rings. The lowest BCUT2D eigenvalue weighted by atomic mass is 10.0. The molecule has 0 aliphatic carbocycles. The highest BCUT2D eigenvalue weighted by Gasteiger charge is 2.27. The van der Waals surface area contributed by atoms with Gasteiger partial charge in [0.25, 0.3) is 5.91 Å². The largest absolute Gasteiger partial charge is 0.382 e. The second-order valence-electron chi connectivity index (χ2n) is 6.20. The average molecular weight is 344 g/mol. The van der Waals surface area contributed by atoms with E-state index >= 15 is 0 Å². The van der Waals surface area contributed by atoms with Crippen LogP contribution in [0.5, 0.6) is 0 Å². The van der Waals surface area contributed by atoms with Gasteiger partial charge in [0.05, 0.1) is 18.0 Å². The number of rotatable bonds is 6. The van der Waals surface area contributed by atoms with Crippen LogP contribution >= 0.6 is 0 Å². The number of amides is 1. The van der Waals surface area contributed by atoms with Gasteiger partial charge in [0.1, 0.15) is 5.82 Å². The molecular weight excluding hydrogens is 323 g/mol. The zero-order chi connectivity index (χ0) is 17.8. The molecule has 0 fully saturated rings. The van der Waals surface area contributed by atoms with E-state index in [9.17, 15) is 9.18 Å². The minimum atomic E-state index is -0.601. The van der Waals surface area contributed by atoms with Gasteiger partial charge in [0.15, 0.2) is 0 Å². The van der Waals surface area contributed by atoms with Crippen molar-refractivity contribution in [3.8, 4) is 0 Å². The van der Waals surface area contributed by atoms with Crippen molar-refractivity contribution in [1.29, 1.82) is 0 Å². The highest BCUT2D eigenvalue weighted by atomic mass is 19.1. The van der Waals surface area contributed by atoms with Crippen LogP contribution in [0.4, 0.5) is 4.39 Å². The molecule has 6 nitrogen and oxygen atoms in total. The highest BCUT2D eigenvalue weighted by Crippen LogP contribution is 2.15. The summed E-state index contributed by atoms with van der Waals surface area (Å²) in [4.78, 5) is 17.4. The fourth-order valence-corrected chi connectivity index (χ4v) is 2.81. The molecule has 1 aromatic heterocycles. The molecule has 2 heterocycles. The summed E-state index contributed by atoms with van der Waals surface area (Å²) in [6, 6.07) is 8.24. The molecule has 0 saturated heterocycles. The SMILES string of the molecule is Cc1cc(C)n(CCNC(=O)[C@H]2CC(Cc3ccc(F)cc3)=NO2)n1. The molecule has 0 unspecified atom stereocenters. The standard InChI is InChI=1S/C18H21FN4O2/c1-12-9-13(2)23(21-12)8-7-20-18(24)17-11-16(22-25-17)10-14-3-5-15(19)6-4-14/h3-6,9,17H,7-8,10-11H2,1-2H3,(H,20,24)/t17-/m1/s1. The van der Waals surface area contributed by atoms with Crippen molar-refractivity contribution in [3.05, 3.63) is 53.1 Å². The zero-order valence-corrected chi connectivity index (χ0v) is 14.3. The summed E-state index contributed by atoms with van der Waals surface area (Å²) in [5.74, 6) is -0.451. The first kappa shape index (κ1) is 17.1. The molecule has 0 spiro atoms. The summed E-state index contributed by atoms with van der Waals surface area (Å²) < 4.78 is 14.8. The van der Waals surface area contributed by atoms with Crippen molar-refractivity contribution < 1.29 is 14.0 Å². The lowest BCUT2D eigenvalue weighted by Gasteiger charge is -2.10. The monoisotopic (exact) mass is 344 g/mol. The Kier molecular flexibility index (Phi) is 5.11. The second-order valence-corrected chi connectivity index (χ2v) is 6.20. The van der Waals surface area contributed by atoms with Crippen LogP contribution in [-0.4, -0.2) is 34.0 Å². The minimum absolute atomic E-state index is 0.181. The van der Waals surface area contributed by atoms with Gasteiger partial charge in [-0.2, -0.15) is 5.10 Å². The molecule has 0 radical (unpaired) electrons. The van der Waals surface area contributed by atoms with Crippen molar-refractivity contribution in [2.45, 2.75) is 39.3 Å². The Balaban J connectivity index is 1.43. The lowest BCUT2D eigenvalue weighted by Crippen LogP contribution is -2.36. The first-order valence-electron chi connectivity index (χ1n) is 8.26. The minimum Gasteiger partial charge on any atom is -0.382 e. The molecule has 0 saturated carbocycles. The van der Waals surface area contributed by atoms with E-state index in [0.717, 1.165) is 22.7 Å². The molecule has 3 rings (SSSR count). The van der Waals surface area contributed by atoms with E-state index in [0.29, 0.717) is 25.9 Å². The highest BCUT2D eigenvalue weighted by molar-refractivity contribution is 5.93. The predicted molar refractivity (Wildman–Crippen MR) is 91.7 cm³/mol. The summed E-state index contributed by atoms with van der Waals surface area (Å²) in [7, 11) is 0. The normalized spacial score (nSPS) is 16.4. The van der Waals surface area contributed by atoms with Crippen LogP contribution in [0.3, 0.4) is 0 Å². The number of hydrogen-bond donors (Lipinski definition) is 1. The van der Waals surface area contributed by atoms with E-state index < -0.39 is 6.10 Å². The first-order chi connectivity index (χ1) is 12.0. The Morgan fingerprint density at radius 3 is 2.80 bits per heavy atom. The average Bonchev–Trinajstić information content (AvgIpc) is 3.16. The van der Waals surface area contributed by atoms with Crippen LogP contribution in [0.2, 0.25) is 0 Å². The van der Waals surface area contributed by atoms with Gasteiger partial charge in [-0.1, -0.05) is 17.3 Å².